The van der Waals surface area contributed by atoms with Crippen LogP contribution in [0.3, 0.4) is 0 Å². The first-order valence-corrected chi connectivity index (χ1v) is 6.14. The average molecular weight is 263 g/mol. The molecule has 0 unspecified atom stereocenters. The summed E-state index contributed by atoms with van der Waals surface area (Å²) in [5.41, 5.74) is 0.532. The van der Waals surface area contributed by atoms with Gasteiger partial charge in [0.25, 0.3) is 5.91 Å². The van der Waals surface area contributed by atoms with E-state index in [9.17, 15) is 9.90 Å². The van der Waals surface area contributed by atoms with E-state index in [1.807, 2.05) is 0 Å². The Morgan fingerprint density at radius 2 is 2.26 bits per heavy atom. The Bertz CT molecular complexity index is 542. The van der Waals surface area contributed by atoms with Gasteiger partial charge in [0.1, 0.15) is 23.4 Å². The summed E-state index contributed by atoms with van der Waals surface area (Å²) in [5, 5.41) is 12.5. The number of aliphatic hydroxyl groups is 1. The molecule has 0 fully saturated rings. The second-order valence-electron chi connectivity index (χ2n) is 4.40. The minimum atomic E-state index is -0.706. The number of carbonyl (C=O) groups excluding carboxylic acids is 1. The summed E-state index contributed by atoms with van der Waals surface area (Å²) in [6.45, 7) is 3.91. The molecule has 0 spiro atoms. The molecule has 0 bridgehead atoms. The molecular weight excluding hydrogens is 246 g/mol. The minimum Gasteiger partial charge on any atom is -0.467 e. The second-order valence-corrected chi connectivity index (χ2v) is 4.40. The molecule has 0 saturated carbocycles. The molecule has 2 heterocycles. The highest BCUT2D eigenvalue weighted by Gasteiger charge is 2.14. The molecule has 102 valence electrons. The first-order valence-electron chi connectivity index (χ1n) is 6.14. The Morgan fingerprint density at radius 1 is 1.47 bits per heavy atom. The van der Waals surface area contributed by atoms with Crippen LogP contribution in [0.2, 0.25) is 0 Å². The molecule has 2 N–H and O–H groups in total. The van der Waals surface area contributed by atoms with Crippen LogP contribution in [-0.2, 0) is 0 Å². The maximum atomic E-state index is 11.9. The first kappa shape index (κ1) is 13.4. The zero-order valence-electron chi connectivity index (χ0n) is 11.0. The maximum Gasteiger partial charge on any atom is 0.254 e. The lowest BCUT2D eigenvalue weighted by Crippen LogP contribution is -2.25. The zero-order chi connectivity index (χ0) is 13.8. The van der Waals surface area contributed by atoms with Gasteiger partial charge in [0, 0.05) is 6.54 Å². The molecule has 0 radical (unpaired) electrons. The zero-order valence-corrected chi connectivity index (χ0v) is 11.0. The highest BCUT2D eigenvalue weighted by Crippen LogP contribution is 2.16. The van der Waals surface area contributed by atoms with Crippen LogP contribution in [0.5, 0.6) is 0 Å². The van der Waals surface area contributed by atoms with Gasteiger partial charge in [0.15, 0.2) is 0 Å². The van der Waals surface area contributed by atoms with E-state index in [2.05, 4.69) is 5.32 Å². The van der Waals surface area contributed by atoms with Crippen LogP contribution in [0.15, 0.2) is 33.3 Å². The summed E-state index contributed by atoms with van der Waals surface area (Å²) in [6.07, 6.45) is 1.20. The Labute approximate surface area is 111 Å². The molecule has 19 heavy (non-hydrogen) atoms. The van der Waals surface area contributed by atoms with E-state index >= 15 is 0 Å². The lowest BCUT2D eigenvalue weighted by Gasteiger charge is -2.08. The van der Waals surface area contributed by atoms with Crippen molar-refractivity contribution in [2.75, 3.05) is 6.54 Å². The summed E-state index contributed by atoms with van der Waals surface area (Å²) < 4.78 is 10.4. The lowest BCUT2D eigenvalue weighted by molar-refractivity contribution is 0.0934. The fourth-order valence-electron chi connectivity index (χ4n) is 1.90. The van der Waals surface area contributed by atoms with Crippen molar-refractivity contribution in [3.63, 3.8) is 0 Å². The molecule has 2 rings (SSSR count). The monoisotopic (exact) mass is 263 g/mol. The van der Waals surface area contributed by atoms with Crippen LogP contribution in [0.1, 0.15) is 40.2 Å². The van der Waals surface area contributed by atoms with Gasteiger partial charge < -0.3 is 19.3 Å². The van der Waals surface area contributed by atoms with Crippen molar-refractivity contribution in [2.24, 2.45) is 0 Å². The van der Waals surface area contributed by atoms with Crippen LogP contribution in [0.25, 0.3) is 0 Å². The number of hydrogen-bond acceptors (Lipinski definition) is 4. The third-order valence-electron chi connectivity index (χ3n) is 2.86. The van der Waals surface area contributed by atoms with Gasteiger partial charge >= 0.3 is 0 Å². The SMILES string of the molecule is Cc1cc(C(=O)NCC[C@H](O)c2ccco2)c(C)o1. The normalized spacial score (nSPS) is 12.4. The van der Waals surface area contributed by atoms with Crippen molar-refractivity contribution in [2.45, 2.75) is 26.4 Å². The van der Waals surface area contributed by atoms with Crippen LogP contribution in [0.4, 0.5) is 0 Å². The molecule has 1 amide bonds. The Balaban J connectivity index is 1.83. The van der Waals surface area contributed by atoms with Gasteiger partial charge in [0.2, 0.25) is 0 Å². The standard InChI is InChI=1S/C14H17NO4/c1-9-8-11(10(2)19-9)14(17)15-6-5-12(16)13-4-3-7-18-13/h3-4,7-8,12,16H,5-6H2,1-2H3,(H,15,17)/t12-/m0/s1. The van der Waals surface area contributed by atoms with Gasteiger partial charge in [-0.2, -0.15) is 0 Å². The fourth-order valence-corrected chi connectivity index (χ4v) is 1.90. The van der Waals surface area contributed by atoms with Gasteiger partial charge in [0.05, 0.1) is 11.8 Å². The molecule has 0 saturated heterocycles. The second kappa shape index (κ2) is 5.75. The molecule has 0 aromatic carbocycles. The summed E-state index contributed by atoms with van der Waals surface area (Å²) >= 11 is 0. The third kappa shape index (κ3) is 3.26. The van der Waals surface area contributed by atoms with Crippen LogP contribution >= 0.6 is 0 Å². The first-order chi connectivity index (χ1) is 9.08. The number of carbonyl (C=O) groups is 1. The van der Waals surface area contributed by atoms with Gasteiger partial charge in [-0.3, -0.25) is 4.79 Å². The summed E-state index contributed by atoms with van der Waals surface area (Å²) in [7, 11) is 0. The van der Waals surface area contributed by atoms with Crippen molar-refractivity contribution in [3.8, 4) is 0 Å². The predicted octanol–water partition coefficient (Wildman–Crippen LogP) is 2.34. The van der Waals surface area contributed by atoms with Crippen molar-refractivity contribution in [1.29, 1.82) is 0 Å². The molecule has 5 nitrogen and oxygen atoms in total. The van der Waals surface area contributed by atoms with E-state index in [-0.39, 0.29) is 5.91 Å². The number of rotatable bonds is 5. The predicted molar refractivity (Wildman–Crippen MR) is 68.8 cm³/mol. The fraction of sp³-hybridized carbons (Fsp3) is 0.357. The third-order valence-corrected chi connectivity index (χ3v) is 2.86. The number of amides is 1. The van der Waals surface area contributed by atoms with Crippen molar-refractivity contribution in [3.05, 3.63) is 47.3 Å². The largest absolute Gasteiger partial charge is 0.467 e. The Morgan fingerprint density at radius 3 is 2.84 bits per heavy atom. The van der Waals surface area contributed by atoms with Crippen molar-refractivity contribution in [1.82, 2.24) is 5.32 Å². The van der Waals surface area contributed by atoms with E-state index in [0.29, 0.717) is 35.8 Å². The molecule has 5 heteroatoms. The molecule has 2 aromatic heterocycles. The number of hydrogen-bond donors (Lipinski definition) is 2. The van der Waals surface area contributed by atoms with Crippen molar-refractivity contribution >= 4 is 5.91 Å². The average Bonchev–Trinajstić information content (AvgIpc) is 2.98. The smallest absolute Gasteiger partial charge is 0.254 e. The highest BCUT2D eigenvalue weighted by molar-refractivity contribution is 5.95. The number of aliphatic hydroxyl groups excluding tert-OH is 1. The van der Waals surface area contributed by atoms with Gasteiger partial charge in [-0.05, 0) is 38.5 Å². The molecular formula is C14H17NO4. The number of nitrogens with one attached hydrogen (secondary N) is 1. The lowest BCUT2D eigenvalue weighted by atomic mass is 10.2. The van der Waals surface area contributed by atoms with Gasteiger partial charge in [-0.15, -0.1) is 0 Å². The molecule has 0 aliphatic heterocycles. The van der Waals surface area contributed by atoms with Crippen LogP contribution in [0, 0.1) is 13.8 Å². The summed E-state index contributed by atoms with van der Waals surface area (Å²) in [6, 6.07) is 5.12. The van der Waals surface area contributed by atoms with Crippen molar-refractivity contribution < 1.29 is 18.7 Å². The van der Waals surface area contributed by atoms with Gasteiger partial charge in [-0.25, -0.2) is 0 Å². The maximum absolute atomic E-state index is 11.9. The number of aryl methyl sites for hydroxylation is 2. The van der Waals surface area contributed by atoms with Crippen LogP contribution in [-0.4, -0.2) is 17.6 Å². The van der Waals surface area contributed by atoms with Gasteiger partial charge in [-0.1, -0.05) is 0 Å². The van der Waals surface area contributed by atoms with E-state index < -0.39 is 6.10 Å². The molecule has 0 aliphatic rings. The van der Waals surface area contributed by atoms with E-state index in [0.717, 1.165) is 0 Å². The Kier molecular flexibility index (Phi) is 4.06. The molecule has 0 aliphatic carbocycles. The van der Waals surface area contributed by atoms with Crippen LogP contribution < -0.4 is 5.32 Å². The Hall–Kier alpha value is -2.01. The molecule has 2 aromatic rings. The summed E-state index contributed by atoms with van der Waals surface area (Å²) in [5.74, 6) is 1.62. The summed E-state index contributed by atoms with van der Waals surface area (Å²) in [4.78, 5) is 11.9. The topological polar surface area (TPSA) is 75.6 Å². The molecule has 1 atom stereocenters. The minimum absolute atomic E-state index is 0.194. The quantitative estimate of drug-likeness (QED) is 0.868. The van der Waals surface area contributed by atoms with E-state index in [1.54, 1.807) is 32.0 Å². The highest BCUT2D eigenvalue weighted by atomic mass is 16.4. The van der Waals surface area contributed by atoms with E-state index in [4.69, 9.17) is 8.83 Å². The number of furan rings is 2. The van der Waals surface area contributed by atoms with E-state index in [1.165, 1.54) is 6.26 Å².